The van der Waals surface area contributed by atoms with Crippen LogP contribution in [0.25, 0.3) is 0 Å². The highest BCUT2D eigenvalue weighted by molar-refractivity contribution is 6.30. The first-order valence-corrected chi connectivity index (χ1v) is 8.59. The normalized spacial score (nSPS) is 17.3. The summed E-state index contributed by atoms with van der Waals surface area (Å²) in [6.07, 6.45) is 2.15. The van der Waals surface area contributed by atoms with Crippen LogP contribution in [0.4, 0.5) is 5.69 Å². The van der Waals surface area contributed by atoms with E-state index in [1.54, 1.807) is 0 Å². The fourth-order valence-corrected chi connectivity index (χ4v) is 3.17. The SMILES string of the molecule is CCC[C@@H](C)NC(=O)C[NH+]1CCN(c2cccc(Cl)c2)CC1. The van der Waals surface area contributed by atoms with Crippen LogP contribution >= 0.6 is 11.6 Å². The number of quaternary nitrogens is 1. The molecule has 2 N–H and O–H groups in total. The van der Waals surface area contributed by atoms with E-state index < -0.39 is 0 Å². The van der Waals surface area contributed by atoms with E-state index in [0.29, 0.717) is 6.54 Å². The summed E-state index contributed by atoms with van der Waals surface area (Å²) in [6.45, 7) is 8.71. The summed E-state index contributed by atoms with van der Waals surface area (Å²) in [4.78, 5) is 15.7. The molecule has 0 saturated carbocycles. The second kappa shape index (κ2) is 8.39. The minimum atomic E-state index is 0.173. The van der Waals surface area contributed by atoms with Crippen molar-refractivity contribution in [3.63, 3.8) is 0 Å². The fourth-order valence-electron chi connectivity index (χ4n) is 2.99. The number of nitrogens with one attached hydrogen (secondary N) is 2. The van der Waals surface area contributed by atoms with Crippen molar-refractivity contribution in [2.45, 2.75) is 32.7 Å². The molecule has 0 bridgehead atoms. The van der Waals surface area contributed by atoms with E-state index in [-0.39, 0.29) is 11.9 Å². The smallest absolute Gasteiger partial charge is 0.275 e. The molecule has 1 aromatic carbocycles. The third kappa shape index (κ3) is 5.18. The molecule has 1 aliphatic rings. The van der Waals surface area contributed by atoms with Crippen molar-refractivity contribution in [2.75, 3.05) is 37.6 Å². The zero-order chi connectivity index (χ0) is 15.9. The van der Waals surface area contributed by atoms with E-state index in [2.05, 4.69) is 30.1 Å². The summed E-state index contributed by atoms with van der Waals surface area (Å²) in [5, 5.41) is 3.86. The minimum absolute atomic E-state index is 0.173. The van der Waals surface area contributed by atoms with Gasteiger partial charge in [-0.1, -0.05) is 31.0 Å². The molecule has 0 aromatic heterocycles. The Kier molecular flexibility index (Phi) is 6.52. The molecular weight excluding hydrogens is 298 g/mol. The summed E-state index contributed by atoms with van der Waals surface area (Å²) in [5.74, 6) is 0.173. The van der Waals surface area contributed by atoms with Gasteiger partial charge in [0.05, 0.1) is 26.2 Å². The third-order valence-electron chi connectivity index (χ3n) is 4.18. The Morgan fingerprint density at radius 2 is 2.14 bits per heavy atom. The molecule has 1 aliphatic heterocycles. The molecule has 1 amide bonds. The monoisotopic (exact) mass is 324 g/mol. The van der Waals surface area contributed by atoms with Gasteiger partial charge in [0.2, 0.25) is 0 Å². The lowest BCUT2D eigenvalue weighted by atomic mass is 10.2. The topological polar surface area (TPSA) is 36.8 Å². The highest BCUT2D eigenvalue weighted by Gasteiger charge is 2.22. The van der Waals surface area contributed by atoms with Crippen LogP contribution < -0.4 is 15.1 Å². The number of carbonyl (C=O) groups is 1. The number of carbonyl (C=O) groups excluding carboxylic acids is 1. The van der Waals surface area contributed by atoms with Crippen molar-refractivity contribution in [2.24, 2.45) is 0 Å². The number of amides is 1. The Balaban J connectivity index is 1.76. The molecule has 1 heterocycles. The number of hydrogen-bond donors (Lipinski definition) is 2. The molecular formula is C17H27ClN3O+. The maximum atomic E-state index is 12.0. The van der Waals surface area contributed by atoms with Gasteiger partial charge in [0, 0.05) is 16.8 Å². The maximum Gasteiger partial charge on any atom is 0.275 e. The van der Waals surface area contributed by atoms with E-state index in [1.165, 1.54) is 10.6 Å². The summed E-state index contributed by atoms with van der Waals surface area (Å²) in [7, 11) is 0. The van der Waals surface area contributed by atoms with Crippen LogP contribution in [-0.4, -0.2) is 44.7 Å². The van der Waals surface area contributed by atoms with Gasteiger partial charge < -0.3 is 15.1 Å². The number of nitrogens with zero attached hydrogens (tertiary/aromatic N) is 1. The fraction of sp³-hybridized carbons (Fsp3) is 0.588. The predicted octanol–water partition coefficient (Wildman–Crippen LogP) is 1.35. The zero-order valence-corrected chi connectivity index (χ0v) is 14.3. The van der Waals surface area contributed by atoms with Crippen molar-refractivity contribution in [3.05, 3.63) is 29.3 Å². The Bertz CT molecular complexity index is 487. The summed E-state index contributed by atoms with van der Waals surface area (Å²) in [6, 6.07) is 8.26. The Hall–Kier alpha value is -1.26. The van der Waals surface area contributed by atoms with E-state index in [4.69, 9.17) is 11.6 Å². The lowest BCUT2D eigenvalue weighted by molar-refractivity contribution is -0.892. The van der Waals surface area contributed by atoms with Gasteiger partial charge in [-0.3, -0.25) is 4.79 Å². The number of halogens is 1. The molecule has 1 aromatic rings. The average Bonchev–Trinajstić information content (AvgIpc) is 2.48. The standard InChI is InChI=1S/C17H26ClN3O/c1-3-5-14(2)19-17(22)13-20-8-10-21(11-9-20)16-7-4-6-15(18)12-16/h4,6-7,12,14H,3,5,8-11,13H2,1-2H3,(H,19,22)/p+1/t14-/m1/s1. The van der Waals surface area contributed by atoms with Crippen molar-refractivity contribution in [3.8, 4) is 0 Å². The molecule has 2 rings (SSSR count). The van der Waals surface area contributed by atoms with Crippen molar-refractivity contribution in [1.82, 2.24) is 5.32 Å². The van der Waals surface area contributed by atoms with Gasteiger partial charge in [-0.25, -0.2) is 0 Å². The van der Waals surface area contributed by atoms with E-state index in [9.17, 15) is 4.79 Å². The van der Waals surface area contributed by atoms with E-state index in [0.717, 1.165) is 44.0 Å². The Labute approximate surface area is 138 Å². The molecule has 0 unspecified atom stereocenters. The van der Waals surface area contributed by atoms with Gasteiger partial charge >= 0.3 is 0 Å². The van der Waals surface area contributed by atoms with Gasteiger partial charge in [0.15, 0.2) is 6.54 Å². The number of hydrogen-bond acceptors (Lipinski definition) is 2. The van der Waals surface area contributed by atoms with Crippen molar-refractivity contribution >= 4 is 23.2 Å². The second-order valence-electron chi connectivity index (χ2n) is 6.15. The Morgan fingerprint density at radius 1 is 1.41 bits per heavy atom. The van der Waals surface area contributed by atoms with Gasteiger partial charge in [-0.2, -0.15) is 0 Å². The molecule has 1 saturated heterocycles. The molecule has 4 nitrogen and oxygen atoms in total. The number of anilines is 1. The molecule has 1 fully saturated rings. The largest absolute Gasteiger partial charge is 0.360 e. The number of rotatable bonds is 6. The quantitative estimate of drug-likeness (QED) is 0.829. The molecule has 0 spiro atoms. The van der Waals surface area contributed by atoms with E-state index >= 15 is 0 Å². The van der Waals surface area contributed by atoms with Crippen LogP contribution in [-0.2, 0) is 4.79 Å². The van der Waals surface area contributed by atoms with Gasteiger partial charge in [0.25, 0.3) is 5.91 Å². The van der Waals surface area contributed by atoms with Gasteiger partial charge in [-0.05, 0) is 31.5 Å². The van der Waals surface area contributed by atoms with Crippen LogP contribution in [0.5, 0.6) is 0 Å². The third-order valence-corrected chi connectivity index (χ3v) is 4.42. The highest BCUT2D eigenvalue weighted by atomic mass is 35.5. The molecule has 1 atom stereocenters. The van der Waals surface area contributed by atoms with Gasteiger partial charge in [0.1, 0.15) is 0 Å². The lowest BCUT2D eigenvalue weighted by Gasteiger charge is -2.33. The number of benzene rings is 1. The van der Waals surface area contributed by atoms with Crippen LogP contribution in [0.1, 0.15) is 26.7 Å². The Morgan fingerprint density at radius 3 is 2.77 bits per heavy atom. The first-order valence-electron chi connectivity index (χ1n) is 8.22. The molecule has 22 heavy (non-hydrogen) atoms. The number of piperazine rings is 1. The average molecular weight is 325 g/mol. The second-order valence-corrected chi connectivity index (χ2v) is 6.59. The minimum Gasteiger partial charge on any atom is -0.360 e. The van der Waals surface area contributed by atoms with Crippen molar-refractivity contribution in [1.29, 1.82) is 0 Å². The first kappa shape index (κ1) is 17.1. The molecule has 0 aliphatic carbocycles. The molecule has 0 radical (unpaired) electrons. The summed E-state index contributed by atoms with van der Waals surface area (Å²) < 4.78 is 0. The summed E-state index contributed by atoms with van der Waals surface area (Å²) in [5.41, 5.74) is 1.17. The van der Waals surface area contributed by atoms with Crippen LogP contribution in [0, 0.1) is 0 Å². The van der Waals surface area contributed by atoms with Crippen LogP contribution in [0.15, 0.2) is 24.3 Å². The molecule has 122 valence electrons. The zero-order valence-electron chi connectivity index (χ0n) is 13.6. The first-order chi connectivity index (χ1) is 10.6. The summed E-state index contributed by atoms with van der Waals surface area (Å²) >= 11 is 6.05. The van der Waals surface area contributed by atoms with Gasteiger partial charge in [-0.15, -0.1) is 0 Å². The maximum absolute atomic E-state index is 12.0. The molecule has 5 heteroatoms. The lowest BCUT2D eigenvalue weighted by Crippen LogP contribution is -3.16. The highest BCUT2D eigenvalue weighted by Crippen LogP contribution is 2.19. The van der Waals surface area contributed by atoms with E-state index in [1.807, 2.05) is 18.2 Å². The van der Waals surface area contributed by atoms with Crippen LogP contribution in [0.3, 0.4) is 0 Å². The predicted molar refractivity (Wildman–Crippen MR) is 91.7 cm³/mol. The van der Waals surface area contributed by atoms with Crippen molar-refractivity contribution < 1.29 is 9.69 Å². The van der Waals surface area contributed by atoms with Crippen LogP contribution in [0.2, 0.25) is 5.02 Å².